The van der Waals surface area contributed by atoms with Gasteiger partial charge in [-0.1, -0.05) is 60.7 Å². The standard InChI is InChI=1S/C15H8S3/c16-15-17-13-11-7-3-1-5-9(11)10-6-2-4-8-12(10)14(13)18-15/h1-8H. The second-order valence-electron chi connectivity index (χ2n) is 4.20. The Morgan fingerprint density at radius 2 is 1.00 bits per heavy atom. The van der Waals surface area contributed by atoms with Crippen molar-refractivity contribution >= 4 is 65.8 Å². The van der Waals surface area contributed by atoms with E-state index in [1.165, 1.54) is 30.9 Å². The molecule has 1 heterocycles. The molecule has 0 bridgehead atoms. The molecule has 0 aliphatic heterocycles. The lowest BCUT2D eigenvalue weighted by molar-refractivity contribution is 1.81. The van der Waals surface area contributed by atoms with E-state index in [9.17, 15) is 0 Å². The van der Waals surface area contributed by atoms with E-state index < -0.39 is 0 Å². The maximum Gasteiger partial charge on any atom is 0.144 e. The number of hydrogen-bond acceptors (Lipinski definition) is 3. The fourth-order valence-electron chi connectivity index (χ4n) is 2.47. The van der Waals surface area contributed by atoms with Crippen molar-refractivity contribution in [2.75, 3.05) is 0 Å². The zero-order valence-electron chi connectivity index (χ0n) is 9.34. The Hall–Kier alpha value is -1.29. The highest BCUT2D eigenvalue weighted by Gasteiger charge is 2.09. The van der Waals surface area contributed by atoms with Crippen LogP contribution in [-0.4, -0.2) is 0 Å². The minimum Gasteiger partial charge on any atom is -0.112 e. The number of benzene rings is 3. The topological polar surface area (TPSA) is 0 Å². The van der Waals surface area contributed by atoms with Gasteiger partial charge in [-0.15, -0.1) is 22.7 Å². The predicted octanol–water partition coefficient (Wildman–Crippen LogP) is 6.00. The Bertz CT molecular complexity index is 868. The van der Waals surface area contributed by atoms with Gasteiger partial charge in [0, 0.05) is 10.8 Å². The van der Waals surface area contributed by atoms with Gasteiger partial charge in [-0.3, -0.25) is 0 Å². The zero-order chi connectivity index (χ0) is 12.1. The second kappa shape index (κ2) is 3.85. The molecular formula is C15H8S3. The molecule has 0 amide bonds. The summed E-state index contributed by atoms with van der Waals surface area (Å²) in [6, 6.07) is 17.2. The molecule has 0 saturated carbocycles. The van der Waals surface area contributed by atoms with E-state index in [0.29, 0.717) is 0 Å². The van der Waals surface area contributed by atoms with Crippen molar-refractivity contribution in [3.05, 3.63) is 51.7 Å². The molecule has 0 aliphatic rings. The van der Waals surface area contributed by atoms with Gasteiger partial charge in [-0.2, -0.15) is 0 Å². The molecule has 86 valence electrons. The third-order valence-corrected chi connectivity index (χ3v) is 5.93. The van der Waals surface area contributed by atoms with Crippen LogP contribution in [0.3, 0.4) is 0 Å². The summed E-state index contributed by atoms with van der Waals surface area (Å²) in [5.41, 5.74) is 0. The van der Waals surface area contributed by atoms with Crippen LogP contribution in [0.25, 0.3) is 30.9 Å². The van der Waals surface area contributed by atoms with Crippen molar-refractivity contribution in [2.45, 2.75) is 0 Å². The van der Waals surface area contributed by atoms with E-state index in [1.807, 2.05) is 0 Å². The van der Waals surface area contributed by atoms with E-state index in [-0.39, 0.29) is 0 Å². The van der Waals surface area contributed by atoms with Crippen molar-refractivity contribution < 1.29 is 0 Å². The Labute approximate surface area is 117 Å². The van der Waals surface area contributed by atoms with Gasteiger partial charge in [0.05, 0.1) is 9.40 Å². The highest BCUT2D eigenvalue weighted by atomic mass is 32.2. The summed E-state index contributed by atoms with van der Waals surface area (Å²) >= 11 is 8.84. The minimum absolute atomic E-state index is 1.01. The SMILES string of the molecule is S=c1sc2c3ccccc3c3ccccc3c2s1. The van der Waals surface area contributed by atoms with Crippen LogP contribution in [0.5, 0.6) is 0 Å². The van der Waals surface area contributed by atoms with E-state index in [1.54, 1.807) is 22.7 Å². The Morgan fingerprint density at radius 1 is 0.611 bits per heavy atom. The molecular weight excluding hydrogens is 276 g/mol. The number of fused-ring (bicyclic) bond motifs is 6. The van der Waals surface area contributed by atoms with Crippen molar-refractivity contribution in [2.24, 2.45) is 0 Å². The van der Waals surface area contributed by atoms with E-state index in [0.717, 1.165) is 3.14 Å². The first kappa shape index (κ1) is 10.6. The third kappa shape index (κ3) is 1.38. The average Bonchev–Trinajstić information content (AvgIpc) is 2.81. The molecule has 4 rings (SSSR count). The molecule has 1 aromatic heterocycles. The highest BCUT2D eigenvalue weighted by molar-refractivity contribution is 7.77. The molecule has 3 aromatic carbocycles. The van der Waals surface area contributed by atoms with Gasteiger partial charge in [0.1, 0.15) is 3.14 Å². The smallest absolute Gasteiger partial charge is 0.112 e. The number of rotatable bonds is 0. The fourth-order valence-corrected chi connectivity index (χ4v) is 5.20. The van der Waals surface area contributed by atoms with Crippen LogP contribution in [0.4, 0.5) is 0 Å². The molecule has 0 aliphatic carbocycles. The Morgan fingerprint density at radius 3 is 1.44 bits per heavy atom. The molecule has 0 atom stereocenters. The molecule has 0 fully saturated rings. The molecule has 0 radical (unpaired) electrons. The van der Waals surface area contributed by atoms with Crippen molar-refractivity contribution in [3.63, 3.8) is 0 Å². The molecule has 4 aromatic rings. The predicted molar refractivity (Wildman–Crippen MR) is 85.5 cm³/mol. The van der Waals surface area contributed by atoms with Gasteiger partial charge in [0.2, 0.25) is 0 Å². The van der Waals surface area contributed by atoms with Crippen LogP contribution < -0.4 is 0 Å². The maximum atomic E-state index is 5.38. The first-order chi connectivity index (χ1) is 8.84. The van der Waals surface area contributed by atoms with Crippen LogP contribution in [0.1, 0.15) is 0 Å². The van der Waals surface area contributed by atoms with Crippen LogP contribution in [0, 0.1) is 3.14 Å². The van der Waals surface area contributed by atoms with E-state index >= 15 is 0 Å². The van der Waals surface area contributed by atoms with Gasteiger partial charge >= 0.3 is 0 Å². The summed E-state index contributed by atoms with van der Waals surface area (Å²) in [6.07, 6.45) is 0. The van der Waals surface area contributed by atoms with Crippen LogP contribution >= 0.6 is 34.9 Å². The molecule has 0 N–H and O–H groups in total. The van der Waals surface area contributed by atoms with Gasteiger partial charge in [0.25, 0.3) is 0 Å². The van der Waals surface area contributed by atoms with Gasteiger partial charge in [0.15, 0.2) is 0 Å². The second-order valence-corrected chi connectivity index (χ2v) is 7.43. The van der Waals surface area contributed by atoms with Gasteiger partial charge in [-0.25, -0.2) is 0 Å². The average molecular weight is 284 g/mol. The summed E-state index contributed by atoms with van der Waals surface area (Å²) in [5, 5.41) is 5.29. The van der Waals surface area contributed by atoms with Gasteiger partial charge in [-0.05, 0) is 10.8 Å². The lowest BCUT2D eigenvalue weighted by Gasteiger charge is -2.05. The summed E-state index contributed by atoms with van der Waals surface area (Å²) in [5.74, 6) is 0. The highest BCUT2D eigenvalue weighted by Crippen LogP contribution is 2.40. The molecule has 0 unspecified atom stereocenters. The van der Waals surface area contributed by atoms with E-state index in [2.05, 4.69) is 48.5 Å². The first-order valence-electron chi connectivity index (χ1n) is 5.68. The summed E-state index contributed by atoms with van der Waals surface area (Å²) in [7, 11) is 0. The molecule has 18 heavy (non-hydrogen) atoms. The van der Waals surface area contributed by atoms with Gasteiger partial charge < -0.3 is 0 Å². The van der Waals surface area contributed by atoms with Crippen molar-refractivity contribution in [3.8, 4) is 0 Å². The third-order valence-electron chi connectivity index (χ3n) is 3.21. The Balaban J connectivity index is 2.50. The molecule has 0 spiro atoms. The summed E-state index contributed by atoms with van der Waals surface area (Å²) in [6.45, 7) is 0. The monoisotopic (exact) mass is 284 g/mol. The molecule has 3 heteroatoms. The van der Waals surface area contributed by atoms with Crippen LogP contribution in [-0.2, 0) is 0 Å². The maximum absolute atomic E-state index is 5.38. The zero-order valence-corrected chi connectivity index (χ0v) is 11.8. The summed E-state index contributed by atoms with van der Waals surface area (Å²) < 4.78 is 3.67. The fraction of sp³-hybridized carbons (Fsp3) is 0. The van der Waals surface area contributed by atoms with Crippen LogP contribution in [0.15, 0.2) is 48.5 Å². The largest absolute Gasteiger partial charge is 0.144 e. The number of hydrogen-bond donors (Lipinski definition) is 0. The summed E-state index contributed by atoms with van der Waals surface area (Å²) in [4.78, 5) is 0. The normalized spacial score (nSPS) is 11.6. The quantitative estimate of drug-likeness (QED) is 0.282. The minimum atomic E-state index is 1.01. The van der Waals surface area contributed by atoms with Crippen molar-refractivity contribution in [1.29, 1.82) is 0 Å². The first-order valence-corrected chi connectivity index (χ1v) is 7.72. The van der Waals surface area contributed by atoms with E-state index in [4.69, 9.17) is 12.2 Å². The van der Waals surface area contributed by atoms with Crippen molar-refractivity contribution in [1.82, 2.24) is 0 Å². The lowest BCUT2D eigenvalue weighted by Crippen LogP contribution is -1.77. The van der Waals surface area contributed by atoms with Crippen LogP contribution in [0.2, 0.25) is 0 Å². The lowest BCUT2D eigenvalue weighted by atomic mass is 10.0. The molecule has 0 saturated heterocycles. The Kier molecular flexibility index (Phi) is 2.27. The molecule has 0 nitrogen and oxygen atoms in total.